The van der Waals surface area contributed by atoms with Crippen LogP contribution in [0.4, 0.5) is 0 Å². The molecule has 134 valence electrons. The summed E-state index contributed by atoms with van der Waals surface area (Å²) in [5, 5.41) is 3.02. The largest absolute Gasteiger partial charge is 0.349 e. The van der Waals surface area contributed by atoms with Crippen molar-refractivity contribution in [2.75, 3.05) is 6.54 Å². The van der Waals surface area contributed by atoms with Crippen molar-refractivity contribution in [3.8, 4) is 0 Å². The molecule has 0 bridgehead atoms. The predicted octanol–water partition coefficient (Wildman–Crippen LogP) is 3.33. The summed E-state index contributed by atoms with van der Waals surface area (Å²) in [5.41, 5.74) is 1.96. The first-order chi connectivity index (χ1) is 12.6. The van der Waals surface area contributed by atoms with E-state index in [0.29, 0.717) is 17.5 Å². The quantitative estimate of drug-likeness (QED) is 0.779. The molecule has 5 heteroatoms. The molecule has 0 radical (unpaired) electrons. The zero-order valence-electron chi connectivity index (χ0n) is 14.8. The van der Waals surface area contributed by atoms with Gasteiger partial charge in [0.1, 0.15) is 0 Å². The van der Waals surface area contributed by atoms with Gasteiger partial charge in [0.05, 0.1) is 17.2 Å². The number of benzene rings is 2. The van der Waals surface area contributed by atoms with Gasteiger partial charge in [-0.15, -0.1) is 0 Å². The summed E-state index contributed by atoms with van der Waals surface area (Å²) in [5.74, 6) is -0.624. The first-order valence-electron chi connectivity index (χ1n) is 8.91. The Labute approximate surface area is 153 Å². The lowest BCUT2D eigenvalue weighted by atomic mass is 10.0. The molecule has 3 rings (SSSR count). The lowest BCUT2D eigenvalue weighted by Crippen LogP contribution is -2.32. The minimum absolute atomic E-state index is 0.0250. The van der Waals surface area contributed by atoms with Gasteiger partial charge in [-0.3, -0.25) is 19.3 Å². The van der Waals surface area contributed by atoms with Gasteiger partial charge in [-0.2, -0.15) is 0 Å². The van der Waals surface area contributed by atoms with Crippen molar-refractivity contribution in [3.63, 3.8) is 0 Å². The van der Waals surface area contributed by atoms with E-state index >= 15 is 0 Å². The van der Waals surface area contributed by atoms with Crippen LogP contribution in [0.15, 0.2) is 54.6 Å². The maximum absolute atomic E-state index is 12.3. The summed E-state index contributed by atoms with van der Waals surface area (Å²) in [6, 6.07) is 16.6. The number of carbonyl (C=O) groups excluding carboxylic acids is 3. The average molecular weight is 350 g/mol. The van der Waals surface area contributed by atoms with Crippen molar-refractivity contribution >= 4 is 17.7 Å². The van der Waals surface area contributed by atoms with Crippen LogP contribution in [0.2, 0.25) is 0 Å². The molecule has 1 aliphatic heterocycles. The van der Waals surface area contributed by atoms with Crippen LogP contribution in [-0.4, -0.2) is 29.2 Å². The molecule has 1 heterocycles. The van der Waals surface area contributed by atoms with Gasteiger partial charge in [-0.25, -0.2) is 0 Å². The van der Waals surface area contributed by atoms with Gasteiger partial charge < -0.3 is 5.32 Å². The highest BCUT2D eigenvalue weighted by molar-refractivity contribution is 6.21. The molecule has 1 aliphatic rings. The Morgan fingerprint density at radius 2 is 1.54 bits per heavy atom. The van der Waals surface area contributed by atoms with Gasteiger partial charge in [0.15, 0.2) is 0 Å². The summed E-state index contributed by atoms with van der Waals surface area (Å²) < 4.78 is 0. The van der Waals surface area contributed by atoms with Crippen LogP contribution < -0.4 is 5.32 Å². The number of rotatable bonds is 7. The van der Waals surface area contributed by atoms with Crippen LogP contribution >= 0.6 is 0 Å². The van der Waals surface area contributed by atoms with Gasteiger partial charge in [-0.05, 0) is 30.5 Å². The molecular weight excluding hydrogens is 328 g/mol. The first kappa shape index (κ1) is 17.9. The molecule has 0 saturated carbocycles. The maximum Gasteiger partial charge on any atom is 0.261 e. The third-order valence-corrected chi connectivity index (χ3v) is 4.61. The maximum atomic E-state index is 12.3. The molecule has 0 aliphatic carbocycles. The summed E-state index contributed by atoms with van der Waals surface area (Å²) in [7, 11) is 0. The Bertz CT molecular complexity index is 782. The van der Waals surface area contributed by atoms with Crippen LogP contribution in [0.25, 0.3) is 0 Å². The Kier molecular flexibility index (Phi) is 5.46. The third kappa shape index (κ3) is 3.67. The fourth-order valence-corrected chi connectivity index (χ4v) is 3.21. The highest BCUT2D eigenvalue weighted by atomic mass is 16.2. The molecule has 2 aromatic carbocycles. The molecule has 0 spiro atoms. The van der Waals surface area contributed by atoms with Gasteiger partial charge in [0.25, 0.3) is 11.8 Å². The molecule has 5 nitrogen and oxygen atoms in total. The monoisotopic (exact) mass is 350 g/mol. The van der Waals surface area contributed by atoms with E-state index in [9.17, 15) is 14.4 Å². The zero-order valence-corrected chi connectivity index (χ0v) is 14.8. The van der Waals surface area contributed by atoms with E-state index in [-0.39, 0.29) is 36.7 Å². The van der Waals surface area contributed by atoms with E-state index in [1.165, 1.54) is 4.90 Å². The summed E-state index contributed by atoms with van der Waals surface area (Å²) in [6.07, 6.45) is 1.52. The lowest BCUT2D eigenvalue weighted by molar-refractivity contribution is -0.122. The molecule has 0 aromatic heterocycles. The number of carbonyl (C=O) groups is 3. The SMILES string of the molecule is CC[C@@H](NC(=O)CCCN1C(=O)c2ccccc2C1=O)c1ccccc1. The number of hydrogen-bond acceptors (Lipinski definition) is 3. The fraction of sp³-hybridized carbons (Fsp3) is 0.286. The van der Waals surface area contributed by atoms with E-state index in [0.717, 1.165) is 12.0 Å². The summed E-state index contributed by atoms with van der Waals surface area (Å²) >= 11 is 0. The van der Waals surface area contributed by atoms with Gasteiger partial charge in [0.2, 0.25) is 5.91 Å². The van der Waals surface area contributed by atoms with Crippen LogP contribution in [0.1, 0.15) is 58.5 Å². The van der Waals surface area contributed by atoms with Crippen molar-refractivity contribution in [2.24, 2.45) is 0 Å². The van der Waals surface area contributed by atoms with Crippen LogP contribution in [0.5, 0.6) is 0 Å². The second-order valence-corrected chi connectivity index (χ2v) is 6.35. The Morgan fingerprint density at radius 3 is 2.12 bits per heavy atom. The van der Waals surface area contributed by atoms with E-state index < -0.39 is 0 Å². The van der Waals surface area contributed by atoms with E-state index in [1.807, 2.05) is 37.3 Å². The third-order valence-electron chi connectivity index (χ3n) is 4.61. The predicted molar refractivity (Wildman–Crippen MR) is 98.7 cm³/mol. The van der Waals surface area contributed by atoms with E-state index in [1.54, 1.807) is 24.3 Å². The smallest absolute Gasteiger partial charge is 0.261 e. The Balaban J connectivity index is 1.52. The highest BCUT2D eigenvalue weighted by Gasteiger charge is 2.34. The highest BCUT2D eigenvalue weighted by Crippen LogP contribution is 2.22. The Hall–Kier alpha value is -2.95. The first-order valence-corrected chi connectivity index (χ1v) is 8.91. The van der Waals surface area contributed by atoms with Crippen molar-refractivity contribution in [2.45, 2.75) is 32.2 Å². The Morgan fingerprint density at radius 1 is 0.962 bits per heavy atom. The molecule has 0 unspecified atom stereocenters. The number of nitrogens with zero attached hydrogens (tertiary/aromatic N) is 1. The molecule has 26 heavy (non-hydrogen) atoms. The molecular formula is C21H22N2O3. The topological polar surface area (TPSA) is 66.5 Å². The van der Waals surface area contributed by atoms with Crippen LogP contribution in [0.3, 0.4) is 0 Å². The number of hydrogen-bond donors (Lipinski definition) is 1. The van der Waals surface area contributed by atoms with Gasteiger partial charge in [0, 0.05) is 13.0 Å². The van der Waals surface area contributed by atoms with E-state index in [4.69, 9.17) is 0 Å². The molecule has 1 N–H and O–H groups in total. The fourth-order valence-electron chi connectivity index (χ4n) is 3.21. The van der Waals surface area contributed by atoms with Crippen molar-refractivity contribution < 1.29 is 14.4 Å². The van der Waals surface area contributed by atoms with Crippen molar-refractivity contribution in [1.29, 1.82) is 0 Å². The van der Waals surface area contributed by atoms with Crippen LogP contribution in [0, 0.1) is 0 Å². The van der Waals surface area contributed by atoms with Crippen molar-refractivity contribution in [3.05, 3.63) is 71.3 Å². The van der Waals surface area contributed by atoms with Crippen LogP contribution in [-0.2, 0) is 4.79 Å². The molecule has 1 atom stereocenters. The second-order valence-electron chi connectivity index (χ2n) is 6.35. The summed E-state index contributed by atoms with van der Waals surface area (Å²) in [4.78, 5) is 38.1. The minimum atomic E-state index is -0.276. The number of nitrogens with one attached hydrogen (secondary N) is 1. The minimum Gasteiger partial charge on any atom is -0.349 e. The van der Waals surface area contributed by atoms with Gasteiger partial charge in [-0.1, -0.05) is 49.4 Å². The molecule has 3 amide bonds. The van der Waals surface area contributed by atoms with Gasteiger partial charge >= 0.3 is 0 Å². The zero-order chi connectivity index (χ0) is 18.5. The molecule has 0 saturated heterocycles. The normalized spacial score (nSPS) is 14.3. The average Bonchev–Trinajstić information content (AvgIpc) is 2.92. The summed E-state index contributed by atoms with van der Waals surface area (Å²) in [6.45, 7) is 2.28. The second kappa shape index (κ2) is 7.95. The number of fused-ring (bicyclic) bond motifs is 1. The molecule has 0 fully saturated rings. The lowest BCUT2D eigenvalue weighted by Gasteiger charge is -2.18. The van der Waals surface area contributed by atoms with Crippen molar-refractivity contribution in [1.82, 2.24) is 10.2 Å². The number of imide groups is 1. The number of amides is 3. The van der Waals surface area contributed by atoms with E-state index in [2.05, 4.69) is 5.32 Å². The standard InChI is InChI=1S/C21H22N2O3/c1-2-18(15-9-4-3-5-10-15)22-19(24)13-8-14-23-20(25)16-11-6-7-12-17(16)21(23)26/h3-7,9-12,18H,2,8,13-14H2,1H3,(H,22,24)/t18-/m1/s1. The molecule has 2 aromatic rings.